The average molecular weight is 805 g/mol. The molecule has 36 unspecified atom stereocenters. The van der Waals surface area contributed by atoms with Crippen LogP contribution in [0.4, 0.5) is 0 Å². The molecule has 0 aromatic carbocycles. The molecule has 63 heavy (non-hydrogen) atoms. The molecular weight excluding hydrogens is 757 g/mol. The summed E-state index contributed by atoms with van der Waals surface area (Å²) >= 11 is 0. The summed E-state index contributed by atoms with van der Waals surface area (Å²) in [5, 5.41) is 0. The molecular formula is C63H48. The maximum Gasteiger partial charge on any atom is -0.00932 e. The van der Waals surface area contributed by atoms with Gasteiger partial charge in [-0.2, -0.15) is 0 Å². The predicted molar refractivity (Wildman–Crippen MR) is 204 cm³/mol. The Hall–Kier alpha value is 0. The number of hydrogen-bond donors (Lipinski definition) is 0. The molecule has 0 nitrogen and oxygen atoms in total. The van der Waals surface area contributed by atoms with E-state index < -0.39 is 0 Å². The van der Waals surface area contributed by atoms with Gasteiger partial charge in [-0.1, -0.05) is 0 Å². The average Bonchev–Trinajstić information content (AvgIpc) is 3.14. The minimum absolute atomic E-state index is 1.07. The van der Waals surface area contributed by atoms with Crippen molar-refractivity contribution in [2.75, 3.05) is 0 Å². The van der Waals surface area contributed by atoms with Gasteiger partial charge >= 0.3 is 0 Å². The lowest BCUT2D eigenvalue weighted by Gasteiger charge is -3.41. The van der Waals surface area contributed by atoms with Gasteiger partial charge in [-0.15, -0.1) is 0 Å². The van der Waals surface area contributed by atoms with E-state index in [9.17, 15) is 0 Å². The molecule has 0 aromatic rings. The minimum atomic E-state index is 1.07. The van der Waals surface area contributed by atoms with Crippen LogP contribution in [0.1, 0.15) is 25.7 Å². The number of hydrogen-bond acceptors (Lipinski definition) is 0. The second-order valence-electron chi connectivity index (χ2n) is 39.3. The van der Waals surface area contributed by atoms with Crippen molar-refractivity contribution in [3.8, 4) is 0 Å². The normalized spacial score (nSPS) is 128. The molecule has 0 bridgehead atoms. The highest BCUT2D eigenvalue weighted by Gasteiger charge is 3.42. The standard InChI is InChI=1S/C63H48/c1-5-2-8-12-16-20-24-28-32-36-40-44-42-38-34-30-26-22-18-14-10-4-6-3-9-13-17-21-25-29-33-37-41-43-39-35-31-27-23-19-15-11-7(1)45(5,8)47(11,12)49(15,16)51(19,20)53(23,24)55(27,28)57(31,32)59(35,36)61(39,40)63(43,44)62(41,42)60(37,38)58(33,34)56(29,30)54(25,26)52(21,22)50(17,18)48(13,14)46(6,9)10/h5-44H,1-4H2. The lowest BCUT2D eigenvalue weighted by atomic mass is 8.62. The van der Waals surface area contributed by atoms with Gasteiger partial charge in [0.15, 0.2) is 0 Å². The first-order valence-corrected chi connectivity index (χ1v) is 31.3. The summed E-state index contributed by atoms with van der Waals surface area (Å²) in [4.78, 5) is 0. The van der Waals surface area contributed by atoms with Crippen LogP contribution in [0.5, 0.6) is 0 Å². The highest BCUT2D eigenvalue weighted by atomic mass is 15.5. The summed E-state index contributed by atoms with van der Waals surface area (Å²) in [5.41, 5.74) is 20.8. The predicted octanol–water partition coefficient (Wildman–Crippen LogP) is 6.48. The first kappa shape index (κ1) is 23.3. The van der Waals surface area contributed by atoms with Crippen molar-refractivity contribution in [1.82, 2.24) is 0 Å². The summed E-state index contributed by atoms with van der Waals surface area (Å²) in [5.74, 6) is 55.2. The Bertz CT molecular complexity index is 3330. The van der Waals surface area contributed by atoms with Crippen LogP contribution in [-0.4, -0.2) is 0 Å². The van der Waals surface area contributed by atoms with E-state index in [0.29, 0.717) is 0 Å². The highest BCUT2D eigenvalue weighted by molar-refractivity contribution is 5.88. The van der Waals surface area contributed by atoms with Gasteiger partial charge in [-0.25, -0.2) is 0 Å². The van der Waals surface area contributed by atoms with Gasteiger partial charge < -0.3 is 0 Å². The Labute approximate surface area is 363 Å². The van der Waals surface area contributed by atoms with E-state index in [1.807, 2.05) is 0 Å². The molecule has 0 saturated heterocycles. The topological polar surface area (TPSA) is 0 Å². The van der Waals surface area contributed by atoms with Gasteiger partial charge in [-0.3, -0.25) is 0 Å². The molecule has 0 heteroatoms. The van der Waals surface area contributed by atoms with Crippen LogP contribution in [0.3, 0.4) is 0 Å². The lowest BCUT2D eigenvalue weighted by molar-refractivity contribution is -0.958. The molecule has 0 aliphatic heterocycles. The largest absolute Gasteiger partial charge is 0.0461 e. The highest BCUT2D eigenvalue weighted by Crippen LogP contribution is 3.44. The van der Waals surface area contributed by atoms with Crippen LogP contribution >= 0.6 is 0 Å². The van der Waals surface area contributed by atoms with Crippen LogP contribution in [0, 0.1) is 340 Å². The molecule has 0 amide bonds. The summed E-state index contributed by atoms with van der Waals surface area (Å²) in [6, 6.07) is 0. The summed E-state index contributed by atoms with van der Waals surface area (Å²) < 4.78 is 0. The fourth-order valence-electron chi connectivity index (χ4n) is 59.8. The molecule has 40 rings (SSSR count). The van der Waals surface area contributed by atoms with Gasteiger partial charge in [0.25, 0.3) is 0 Å². The van der Waals surface area contributed by atoms with Crippen molar-refractivity contribution < 1.29 is 0 Å². The second-order valence-corrected chi connectivity index (χ2v) is 39.3. The van der Waals surface area contributed by atoms with Gasteiger partial charge in [0.05, 0.1) is 0 Å². The maximum atomic E-state index is 1.77. The van der Waals surface area contributed by atoms with Crippen LogP contribution in [0.2, 0.25) is 0 Å². The van der Waals surface area contributed by atoms with Crippen molar-refractivity contribution in [2.45, 2.75) is 25.7 Å². The van der Waals surface area contributed by atoms with Crippen molar-refractivity contribution in [3.05, 3.63) is 0 Å². The second kappa shape index (κ2) is 4.07. The first-order chi connectivity index (χ1) is 31.3. The molecule has 19 spiro atoms. The van der Waals surface area contributed by atoms with Crippen molar-refractivity contribution >= 4 is 0 Å². The molecule has 0 heterocycles. The molecule has 0 radical (unpaired) electrons. The molecule has 36 atom stereocenters. The molecule has 0 N–H and O–H groups in total. The number of fused-ring (bicyclic) bond motifs is 36. The zero-order valence-electron chi connectivity index (χ0n) is 35.4. The van der Waals surface area contributed by atoms with Gasteiger partial charge in [0, 0.05) is 0 Å². The lowest BCUT2D eigenvalue weighted by Crippen LogP contribution is -3.39. The summed E-state index contributed by atoms with van der Waals surface area (Å²) in [7, 11) is 0. The van der Waals surface area contributed by atoms with E-state index in [4.69, 9.17) is 0 Å². The maximum absolute atomic E-state index is 1.77. The molecule has 40 aliphatic rings. The van der Waals surface area contributed by atoms with Gasteiger partial charge in [-0.05, 0) is 365 Å². The van der Waals surface area contributed by atoms with Crippen molar-refractivity contribution in [1.29, 1.82) is 0 Å². The zero-order valence-corrected chi connectivity index (χ0v) is 35.4. The fraction of sp³-hybridized carbons (Fsp3) is 1.00. The minimum Gasteiger partial charge on any atom is -0.0461 e. The Morgan fingerprint density at radius 2 is 0.270 bits per heavy atom. The van der Waals surface area contributed by atoms with Gasteiger partial charge in [0.2, 0.25) is 0 Å². The summed E-state index contributed by atoms with van der Waals surface area (Å²) in [6.07, 6.45) is 7.07. The van der Waals surface area contributed by atoms with Crippen molar-refractivity contribution in [3.63, 3.8) is 0 Å². The molecule has 40 aliphatic carbocycles. The Kier molecular flexibility index (Phi) is 1.50. The smallest absolute Gasteiger partial charge is 0.00932 e. The molecule has 40 fully saturated rings. The van der Waals surface area contributed by atoms with E-state index in [1.165, 1.54) is 237 Å². The third-order valence-electron chi connectivity index (χ3n) is 50.3. The Morgan fingerprint density at radius 1 is 0.143 bits per heavy atom. The Morgan fingerprint density at radius 3 is 0.413 bits per heavy atom. The van der Waals surface area contributed by atoms with E-state index in [0.717, 1.165) is 103 Å². The number of rotatable bonds is 0. The fourth-order valence-corrected chi connectivity index (χ4v) is 59.8. The zero-order chi connectivity index (χ0) is 35.4. The first-order valence-electron chi connectivity index (χ1n) is 31.3. The van der Waals surface area contributed by atoms with Crippen LogP contribution in [-0.2, 0) is 0 Å². The van der Waals surface area contributed by atoms with E-state index in [2.05, 4.69) is 0 Å². The van der Waals surface area contributed by atoms with Crippen molar-refractivity contribution in [2.24, 2.45) is 340 Å². The quantitative estimate of drug-likeness (QED) is 0.263. The van der Waals surface area contributed by atoms with Crippen LogP contribution in [0.15, 0.2) is 0 Å². The van der Waals surface area contributed by atoms with E-state index in [-0.39, 0.29) is 0 Å². The summed E-state index contributed by atoms with van der Waals surface area (Å²) in [6.45, 7) is 0. The monoisotopic (exact) mass is 804 g/mol. The van der Waals surface area contributed by atoms with Crippen LogP contribution in [0.25, 0.3) is 0 Å². The van der Waals surface area contributed by atoms with E-state index >= 15 is 0 Å². The Balaban J connectivity index is 0.537. The molecule has 300 valence electrons. The van der Waals surface area contributed by atoms with Gasteiger partial charge in [0.1, 0.15) is 0 Å². The molecule has 40 saturated carbocycles. The van der Waals surface area contributed by atoms with E-state index in [1.54, 1.807) is 25.7 Å². The van der Waals surface area contributed by atoms with Crippen LogP contribution < -0.4 is 0 Å². The molecule has 0 aromatic heterocycles. The third kappa shape index (κ3) is 0.707. The third-order valence-corrected chi connectivity index (χ3v) is 50.3. The SMILES string of the molecule is C1C2CC3C4C5C6C7C8C9C%10C%11C%12C%13C%14C%15C%16C%17C%18C%19C%20C%21CC%22CC%23C%24C%25C%26C%27C%28C%29C%30C%31C%32C%33C%34C%35C%36C%37C%38C%39C%40C1C23C%404C%395C%386C%377C%368C%359C%34%10C%33%11C%32%12C%31%13C%30%14C%29%15C%28%16C%27%17C%26%18C%25%19C%24%20C%22%23%21.